The Kier molecular flexibility index (Phi) is 4.66. The largest absolute Gasteiger partial charge is 0.497 e. The zero-order chi connectivity index (χ0) is 14.5. The maximum Gasteiger partial charge on any atom is 0.203 e. The van der Waals surface area contributed by atoms with Crippen LogP contribution in [0.3, 0.4) is 0 Å². The second-order valence-electron chi connectivity index (χ2n) is 5.44. The molecule has 0 saturated heterocycles. The van der Waals surface area contributed by atoms with Gasteiger partial charge in [-0.05, 0) is 30.5 Å². The number of anilines is 1. The first-order valence-electron chi connectivity index (χ1n) is 7.01. The molecule has 2 rings (SSSR count). The molecule has 4 heteroatoms. The van der Waals surface area contributed by atoms with E-state index in [2.05, 4.69) is 47.8 Å². The monoisotopic (exact) mass is 273 g/mol. The summed E-state index contributed by atoms with van der Waals surface area (Å²) in [5.74, 6) is 2.39. The highest BCUT2D eigenvalue weighted by Crippen LogP contribution is 2.21. The van der Waals surface area contributed by atoms with Crippen LogP contribution in [-0.4, -0.2) is 16.7 Å². The number of ether oxygens (including phenoxy) is 1. The smallest absolute Gasteiger partial charge is 0.203 e. The van der Waals surface area contributed by atoms with Crippen molar-refractivity contribution in [3.05, 3.63) is 42.2 Å². The van der Waals surface area contributed by atoms with Crippen molar-refractivity contribution < 1.29 is 4.74 Å². The number of nitrogens with one attached hydrogen (secondary N) is 1. The van der Waals surface area contributed by atoms with Gasteiger partial charge in [0.1, 0.15) is 5.75 Å². The SMILES string of the molecule is COc1ccc(C(C)Nc2nccn2CC(C)C)cc1. The zero-order valence-corrected chi connectivity index (χ0v) is 12.6. The fourth-order valence-electron chi connectivity index (χ4n) is 2.16. The molecule has 0 amide bonds. The predicted molar refractivity (Wildman–Crippen MR) is 82.1 cm³/mol. The third-order valence-electron chi connectivity index (χ3n) is 3.24. The van der Waals surface area contributed by atoms with Crippen molar-refractivity contribution in [2.24, 2.45) is 5.92 Å². The molecule has 1 aromatic heterocycles. The minimum atomic E-state index is 0.203. The molecule has 1 N–H and O–H groups in total. The summed E-state index contributed by atoms with van der Waals surface area (Å²) in [6.07, 6.45) is 3.86. The van der Waals surface area contributed by atoms with Gasteiger partial charge >= 0.3 is 0 Å². The number of hydrogen-bond acceptors (Lipinski definition) is 3. The van der Waals surface area contributed by atoms with Crippen molar-refractivity contribution in [1.82, 2.24) is 9.55 Å². The average molecular weight is 273 g/mol. The lowest BCUT2D eigenvalue weighted by Crippen LogP contribution is -2.13. The van der Waals surface area contributed by atoms with Gasteiger partial charge in [0, 0.05) is 18.9 Å². The van der Waals surface area contributed by atoms with Crippen LogP contribution in [0.1, 0.15) is 32.4 Å². The first kappa shape index (κ1) is 14.4. The van der Waals surface area contributed by atoms with E-state index >= 15 is 0 Å². The van der Waals surface area contributed by atoms with Gasteiger partial charge in [0.05, 0.1) is 13.2 Å². The van der Waals surface area contributed by atoms with Crippen molar-refractivity contribution in [3.8, 4) is 5.75 Å². The van der Waals surface area contributed by atoms with Crippen LogP contribution >= 0.6 is 0 Å². The third kappa shape index (κ3) is 3.53. The molecular weight excluding hydrogens is 250 g/mol. The summed E-state index contributed by atoms with van der Waals surface area (Å²) >= 11 is 0. The van der Waals surface area contributed by atoms with Gasteiger partial charge in [0.15, 0.2) is 0 Å². The number of rotatable bonds is 6. The summed E-state index contributed by atoms with van der Waals surface area (Å²) in [7, 11) is 1.68. The molecule has 0 radical (unpaired) electrons. The van der Waals surface area contributed by atoms with E-state index < -0.39 is 0 Å². The van der Waals surface area contributed by atoms with Gasteiger partial charge in [-0.15, -0.1) is 0 Å². The van der Waals surface area contributed by atoms with Crippen LogP contribution in [0, 0.1) is 5.92 Å². The lowest BCUT2D eigenvalue weighted by atomic mass is 10.1. The number of aromatic nitrogens is 2. The second-order valence-corrected chi connectivity index (χ2v) is 5.44. The van der Waals surface area contributed by atoms with E-state index in [0.29, 0.717) is 5.92 Å². The second kappa shape index (κ2) is 6.46. The molecule has 1 aromatic carbocycles. The average Bonchev–Trinajstić information content (AvgIpc) is 2.85. The van der Waals surface area contributed by atoms with Crippen molar-refractivity contribution in [1.29, 1.82) is 0 Å². The first-order valence-corrected chi connectivity index (χ1v) is 7.01. The van der Waals surface area contributed by atoms with Gasteiger partial charge in [-0.2, -0.15) is 0 Å². The molecule has 0 aliphatic rings. The van der Waals surface area contributed by atoms with Crippen LogP contribution in [-0.2, 0) is 6.54 Å². The number of hydrogen-bond donors (Lipinski definition) is 1. The number of nitrogens with zero attached hydrogens (tertiary/aromatic N) is 2. The van der Waals surface area contributed by atoms with Crippen molar-refractivity contribution in [2.75, 3.05) is 12.4 Å². The molecule has 0 aliphatic heterocycles. The minimum absolute atomic E-state index is 0.203. The van der Waals surface area contributed by atoms with Crippen LogP contribution in [0.5, 0.6) is 5.75 Å². The maximum atomic E-state index is 5.18. The Hall–Kier alpha value is -1.97. The molecule has 4 nitrogen and oxygen atoms in total. The Labute approximate surface area is 120 Å². The van der Waals surface area contributed by atoms with Gasteiger partial charge in [-0.1, -0.05) is 26.0 Å². The predicted octanol–water partition coefficient (Wildman–Crippen LogP) is 3.72. The topological polar surface area (TPSA) is 39.1 Å². The third-order valence-corrected chi connectivity index (χ3v) is 3.24. The number of methoxy groups -OCH3 is 1. The van der Waals surface area contributed by atoms with Gasteiger partial charge in [0.2, 0.25) is 5.95 Å². The lowest BCUT2D eigenvalue weighted by molar-refractivity contribution is 0.414. The first-order chi connectivity index (χ1) is 9.60. The molecule has 0 fully saturated rings. The fraction of sp³-hybridized carbons (Fsp3) is 0.438. The van der Waals surface area contributed by atoms with Crippen LogP contribution < -0.4 is 10.1 Å². The molecule has 108 valence electrons. The van der Waals surface area contributed by atoms with E-state index in [-0.39, 0.29) is 6.04 Å². The van der Waals surface area contributed by atoms with E-state index in [1.807, 2.05) is 24.5 Å². The Morgan fingerprint density at radius 1 is 1.20 bits per heavy atom. The quantitative estimate of drug-likeness (QED) is 0.871. The highest BCUT2D eigenvalue weighted by atomic mass is 16.5. The van der Waals surface area contributed by atoms with Crippen LogP contribution in [0.4, 0.5) is 5.95 Å². The standard InChI is InChI=1S/C16H23N3O/c1-12(2)11-19-10-9-17-16(19)18-13(3)14-5-7-15(20-4)8-6-14/h5-10,12-13H,11H2,1-4H3,(H,17,18). The molecule has 2 aromatic rings. The van der Waals surface area contributed by atoms with Crippen LogP contribution in [0.25, 0.3) is 0 Å². The lowest BCUT2D eigenvalue weighted by Gasteiger charge is -2.17. The molecule has 0 spiro atoms. The molecule has 1 atom stereocenters. The van der Waals surface area contributed by atoms with E-state index in [1.54, 1.807) is 7.11 Å². The summed E-state index contributed by atoms with van der Waals surface area (Å²) in [4.78, 5) is 4.40. The normalized spacial score (nSPS) is 12.4. The Morgan fingerprint density at radius 2 is 1.90 bits per heavy atom. The van der Waals surface area contributed by atoms with Gasteiger partial charge in [-0.3, -0.25) is 0 Å². The summed E-state index contributed by atoms with van der Waals surface area (Å²) in [5.41, 5.74) is 1.21. The Morgan fingerprint density at radius 3 is 2.50 bits per heavy atom. The maximum absolute atomic E-state index is 5.18. The van der Waals surface area contributed by atoms with Crippen LogP contribution in [0.2, 0.25) is 0 Å². The highest BCUT2D eigenvalue weighted by Gasteiger charge is 2.10. The van der Waals surface area contributed by atoms with Crippen molar-refractivity contribution in [2.45, 2.75) is 33.4 Å². The Balaban J connectivity index is 2.06. The molecule has 20 heavy (non-hydrogen) atoms. The Bertz CT molecular complexity index is 531. The summed E-state index contributed by atoms with van der Waals surface area (Å²) in [6.45, 7) is 7.52. The van der Waals surface area contributed by atoms with Crippen molar-refractivity contribution >= 4 is 5.95 Å². The summed E-state index contributed by atoms with van der Waals surface area (Å²) in [5, 5.41) is 3.46. The molecule has 1 unspecified atom stereocenters. The fourth-order valence-corrected chi connectivity index (χ4v) is 2.16. The molecule has 0 bridgehead atoms. The van der Waals surface area contributed by atoms with E-state index in [0.717, 1.165) is 18.2 Å². The molecule has 0 saturated carbocycles. The summed E-state index contributed by atoms with van der Waals surface area (Å²) in [6, 6.07) is 8.31. The number of imidazole rings is 1. The van der Waals surface area contributed by atoms with Gasteiger partial charge in [0.25, 0.3) is 0 Å². The van der Waals surface area contributed by atoms with Gasteiger partial charge < -0.3 is 14.6 Å². The van der Waals surface area contributed by atoms with E-state index in [1.165, 1.54) is 5.56 Å². The minimum Gasteiger partial charge on any atom is -0.497 e. The zero-order valence-electron chi connectivity index (χ0n) is 12.6. The highest BCUT2D eigenvalue weighted by molar-refractivity contribution is 5.35. The molecule has 0 aliphatic carbocycles. The van der Waals surface area contributed by atoms with Crippen molar-refractivity contribution in [3.63, 3.8) is 0 Å². The molecule has 1 heterocycles. The van der Waals surface area contributed by atoms with E-state index in [4.69, 9.17) is 4.74 Å². The van der Waals surface area contributed by atoms with Gasteiger partial charge in [-0.25, -0.2) is 4.98 Å². The van der Waals surface area contributed by atoms with E-state index in [9.17, 15) is 0 Å². The van der Waals surface area contributed by atoms with Crippen LogP contribution in [0.15, 0.2) is 36.7 Å². The summed E-state index contributed by atoms with van der Waals surface area (Å²) < 4.78 is 7.34. The number of benzene rings is 1. The molecular formula is C16H23N3O.